The molecule has 0 unspecified atom stereocenters. The third kappa shape index (κ3) is 13.5. The van der Waals surface area contributed by atoms with Gasteiger partial charge < -0.3 is 26.8 Å². The van der Waals surface area contributed by atoms with Gasteiger partial charge in [-0.25, -0.2) is 19.9 Å². The van der Waals surface area contributed by atoms with Crippen molar-refractivity contribution in [1.82, 2.24) is 29.9 Å². The van der Waals surface area contributed by atoms with Gasteiger partial charge in [-0.1, -0.05) is 23.2 Å². The van der Waals surface area contributed by atoms with Crippen molar-refractivity contribution in [3.8, 4) is 0 Å². The number of nitrogens with zero attached hydrogens (tertiary/aromatic N) is 4. The fraction of sp³-hybridized carbons (Fsp3) is 0.263. The predicted molar refractivity (Wildman–Crippen MR) is 134 cm³/mol. The van der Waals surface area contributed by atoms with Crippen LogP contribution in [0.5, 0.6) is 0 Å². The molecule has 0 aliphatic heterocycles. The Bertz CT molecular complexity index is 1880. The minimum atomic E-state index is -5.08. The van der Waals surface area contributed by atoms with Crippen LogP contribution in [-0.4, -0.2) is 40.9 Å². The zero-order valence-corrected chi connectivity index (χ0v) is 27.8. The van der Waals surface area contributed by atoms with Crippen LogP contribution in [0, 0.1) is 13.8 Å². The van der Waals surface area contributed by atoms with Crippen molar-refractivity contribution in [3.05, 3.63) is 66.4 Å². The fourth-order valence-corrected chi connectivity index (χ4v) is 2.87. The van der Waals surface area contributed by atoms with Crippen LogP contribution in [0.25, 0.3) is 22.1 Å². The van der Waals surface area contributed by atoms with E-state index in [9.17, 15) is 49.1 Å². The molecule has 0 aliphatic carbocycles. The Morgan fingerprint density at radius 3 is 1.47 bits per heavy atom. The van der Waals surface area contributed by atoms with E-state index in [0.717, 1.165) is 0 Å². The van der Waals surface area contributed by atoms with Gasteiger partial charge in [0.25, 0.3) is 11.1 Å². The standard InChI is InChI=1S/C9H5ClF3N3O.C8H6ClN3O.2CF3O2S.Zn/c1-3-14-6-4(9(11,12)13)2-5(10)16-7(6)8(17)15-3;1-4-10-5-2-3-6(9)12-7(5)8(13)11-4;2*2-1(3,4)7(5)6;/h2H,1H3,(H,14,15,17);2-3H,1H3,(H,10,11,13);;;/q;;2*-1;+2. The van der Waals surface area contributed by atoms with Crippen LogP contribution in [0.2, 0.25) is 10.3 Å². The number of halogens is 11. The molecule has 0 radical (unpaired) electrons. The fourth-order valence-electron chi connectivity index (χ4n) is 2.53. The summed E-state index contributed by atoms with van der Waals surface area (Å²) in [5.41, 5.74) is -12.3. The second kappa shape index (κ2) is 16.6. The molecule has 0 atom stereocenters. The molecule has 4 aromatic rings. The van der Waals surface area contributed by atoms with E-state index < -0.39 is 65.9 Å². The normalized spacial score (nSPS) is 11.5. The predicted octanol–water partition coefficient (Wildman–Crippen LogP) is 5.21. The average molecular weight is 791 g/mol. The number of hydrogen-bond donors (Lipinski definition) is 2. The molecular formula is C19H11Cl2F9N6O6S2Zn. The van der Waals surface area contributed by atoms with Crippen LogP contribution in [0.3, 0.4) is 0 Å². The van der Waals surface area contributed by atoms with Crippen molar-refractivity contribution in [3.63, 3.8) is 0 Å². The molecule has 12 nitrogen and oxygen atoms in total. The number of H-pyrrole nitrogens is 2. The first kappa shape index (κ1) is 42.1. The average Bonchev–Trinajstić information content (AvgIpc) is 2.84. The molecule has 0 amide bonds. The Labute approximate surface area is 269 Å². The summed E-state index contributed by atoms with van der Waals surface area (Å²) in [5.74, 6) is 0.652. The summed E-state index contributed by atoms with van der Waals surface area (Å²) in [4.78, 5) is 42.8. The van der Waals surface area contributed by atoms with Gasteiger partial charge in [0.05, 0.1) is 11.1 Å². The number of alkyl halides is 9. The molecule has 0 aromatic carbocycles. The monoisotopic (exact) mass is 788 g/mol. The van der Waals surface area contributed by atoms with Crippen LogP contribution in [0.4, 0.5) is 39.5 Å². The number of aryl methyl sites for hydroxylation is 2. The molecule has 4 aromatic heterocycles. The molecule has 0 fully saturated rings. The van der Waals surface area contributed by atoms with Gasteiger partial charge in [0.1, 0.15) is 27.5 Å². The maximum absolute atomic E-state index is 12.7. The molecule has 0 bridgehead atoms. The molecule has 45 heavy (non-hydrogen) atoms. The molecular weight excluding hydrogens is 780 g/mol. The minimum Gasteiger partial charge on any atom is -0.416 e. The number of nitrogens with one attached hydrogen (secondary N) is 2. The van der Waals surface area contributed by atoms with Crippen molar-refractivity contribution in [2.75, 3.05) is 0 Å². The molecule has 0 saturated heterocycles. The van der Waals surface area contributed by atoms with Gasteiger partial charge in [0.2, 0.25) is 0 Å². The second-order valence-electron chi connectivity index (χ2n) is 7.35. The second-order valence-corrected chi connectivity index (χ2v) is 9.99. The smallest absolute Gasteiger partial charge is 0.416 e. The molecule has 244 valence electrons. The first-order chi connectivity index (χ1) is 19.8. The van der Waals surface area contributed by atoms with Gasteiger partial charge in [0, 0.05) is 21.4 Å². The van der Waals surface area contributed by atoms with Crippen molar-refractivity contribution < 1.29 is 75.8 Å². The van der Waals surface area contributed by atoms with Crippen molar-refractivity contribution in [1.29, 1.82) is 0 Å². The van der Waals surface area contributed by atoms with Crippen LogP contribution >= 0.6 is 23.2 Å². The first-order valence-corrected chi connectivity index (χ1v) is 13.2. The Hall–Kier alpha value is -2.95. The van der Waals surface area contributed by atoms with Gasteiger partial charge in [-0.05, 0) is 32.0 Å². The van der Waals surface area contributed by atoms with E-state index in [1.54, 1.807) is 19.1 Å². The summed E-state index contributed by atoms with van der Waals surface area (Å²) in [7, 11) is -7.87. The molecule has 4 rings (SSSR count). The first-order valence-electron chi connectivity index (χ1n) is 10.3. The largest absolute Gasteiger partial charge is 2.00 e. The van der Waals surface area contributed by atoms with E-state index in [-0.39, 0.29) is 36.4 Å². The minimum absolute atomic E-state index is 0. The van der Waals surface area contributed by atoms with Gasteiger partial charge in [0.15, 0.2) is 11.0 Å². The zero-order chi connectivity index (χ0) is 34.4. The van der Waals surface area contributed by atoms with Crippen molar-refractivity contribution in [2.45, 2.75) is 31.0 Å². The summed E-state index contributed by atoms with van der Waals surface area (Å²) < 4.78 is 137. The SMILES string of the molecule is Cc1nc2c(C(F)(F)F)cc(Cl)nc2c(=O)[nH]1.Cc1nc2ccc(Cl)nc2c(=O)[nH]1.O=[S-](=O)C(F)(F)F.O=[S-](=O)C(F)(F)F.[Zn+2]. The summed E-state index contributed by atoms with van der Waals surface area (Å²) in [6.45, 7) is 3.10. The van der Waals surface area contributed by atoms with E-state index in [1.807, 2.05) is 0 Å². The van der Waals surface area contributed by atoms with Gasteiger partial charge in [-0.3, -0.25) is 9.59 Å². The Morgan fingerprint density at radius 1 is 0.644 bits per heavy atom. The molecule has 26 heteroatoms. The molecule has 2 N–H and O–H groups in total. The zero-order valence-electron chi connectivity index (χ0n) is 21.7. The van der Waals surface area contributed by atoms with Crippen molar-refractivity contribution >= 4 is 66.7 Å². The third-order valence-electron chi connectivity index (χ3n) is 4.07. The molecule has 0 saturated carbocycles. The van der Waals surface area contributed by atoms with Crippen LogP contribution in [0.1, 0.15) is 17.2 Å². The summed E-state index contributed by atoms with van der Waals surface area (Å²) >= 11 is 11.1. The van der Waals surface area contributed by atoms with Crippen LogP contribution in [0.15, 0.2) is 27.8 Å². The van der Waals surface area contributed by atoms with Crippen molar-refractivity contribution in [2.24, 2.45) is 0 Å². The maximum Gasteiger partial charge on any atom is 2.00 e. The Morgan fingerprint density at radius 2 is 1.04 bits per heavy atom. The molecule has 0 aliphatic rings. The van der Waals surface area contributed by atoms with Gasteiger partial charge >= 0.3 is 36.7 Å². The van der Waals surface area contributed by atoms with Gasteiger partial charge in [-0.15, -0.1) is 0 Å². The molecule has 4 heterocycles. The third-order valence-corrected chi connectivity index (χ3v) is 5.23. The van der Waals surface area contributed by atoms with E-state index >= 15 is 0 Å². The number of pyridine rings is 2. The number of hydrogen-bond acceptors (Lipinski definition) is 12. The maximum atomic E-state index is 12.7. The number of fused-ring (bicyclic) bond motifs is 2. The molecule has 0 spiro atoms. The number of aromatic nitrogens is 6. The summed E-state index contributed by atoms with van der Waals surface area (Å²) in [6, 6.07) is 3.93. The summed E-state index contributed by atoms with van der Waals surface area (Å²) in [6.07, 6.45) is -4.64. The summed E-state index contributed by atoms with van der Waals surface area (Å²) in [5, 5.41) is -0.107. The van der Waals surface area contributed by atoms with E-state index in [1.165, 1.54) is 6.92 Å². The van der Waals surface area contributed by atoms with Gasteiger partial charge in [-0.2, -0.15) is 39.5 Å². The van der Waals surface area contributed by atoms with E-state index in [2.05, 4.69) is 29.9 Å². The van der Waals surface area contributed by atoms with E-state index in [0.29, 0.717) is 22.6 Å². The Kier molecular flexibility index (Phi) is 15.5. The quantitative estimate of drug-likeness (QED) is 0.104. The topological polar surface area (TPSA) is 186 Å². The number of aromatic amines is 2. The van der Waals surface area contributed by atoms with E-state index in [4.69, 9.17) is 40.0 Å². The van der Waals surface area contributed by atoms with Crippen LogP contribution < -0.4 is 11.1 Å². The van der Waals surface area contributed by atoms with Crippen LogP contribution in [-0.2, 0) is 63.9 Å². The Balaban J connectivity index is 0.000000614. The number of rotatable bonds is 0.